The summed E-state index contributed by atoms with van der Waals surface area (Å²) in [7, 11) is -3.08. The van der Waals surface area contributed by atoms with E-state index in [1.54, 1.807) is 12.1 Å². The lowest BCUT2D eigenvalue weighted by atomic mass is 10.3. The topological polar surface area (TPSA) is 46.2 Å². The lowest BCUT2D eigenvalue weighted by molar-refractivity contribution is 0.602. The van der Waals surface area contributed by atoms with E-state index < -0.39 is 9.84 Å². The minimum atomic E-state index is -3.08. The van der Waals surface area contributed by atoms with Gasteiger partial charge in [0.1, 0.15) is 0 Å². The Labute approximate surface area is 96.8 Å². The third kappa shape index (κ3) is 2.55. The maximum absolute atomic E-state index is 11.3. The molecular formula is C12H17NO2S. The van der Waals surface area contributed by atoms with E-state index in [-0.39, 0.29) is 0 Å². The fourth-order valence-electron chi connectivity index (χ4n) is 1.89. The van der Waals surface area contributed by atoms with E-state index in [0.717, 1.165) is 11.6 Å². The van der Waals surface area contributed by atoms with Gasteiger partial charge in [-0.25, -0.2) is 8.42 Å². The molecule has 16 heavy (non-hydrogen) atoms. The summed E-state index contributed by atoms with van der Waals surface area (Å²) in [5, 5.41) is 3.40. The van der Waals surface area contributed by atoms with Crippen molar-refractivity contribution in [3.05, 3.63) is 24.3 Å². The first kappa shape index (κ1) is 11.5. The summed E-state index contributed by atoms with van der Waals surface area (Å²) in [5.74, 6) is 0.787. The molecular weight excluding hydrogens is 222 g/mol. The second-order valence-electron chi connectivity index (χ2n) is 4.45. The normalized spacial score (nSPS) is 24.1. The van der Waals surface area contributed by atoms with Crippen LogP contribution in [0.2, 0.25) is 0 Å². The summed E-state index contributed by atoms with van der Waals surface area (Å²) >= 11 is 0. The van der Waals surface area contributed by atoms with Crippen LogP contribution in [0.1, 0.15) is 19.8 Å². The fourth-order valence-corrected chi connectivity index (χ4v) is 2.52. The van der Waals surface area contributed by atoms with Crippen molar-refractivity contribution in [1.82, 2.24) is 0 Å². The predicted octanol–water partition coefficient (Wildman–Crippen LogP) is 2.30. The Kier molecular flexibility index (Phi) is 2.93. The number of anilines is 1. The monoisotopic (exact) mass is 239 g/mol. The number of sulfone groups is 1. The zero-order chi connectivity index (χ0) is 11.8. The van der Waals surface area contributed by atoms with Crippen molar-refractivity contribution in [2.24, 2.45) is 5.92 Å². The summed E-state index contributed by atoms with van der Waals surface area (Å²) in [6.07, 6.45) is 3.66. The highest BCUT2D eigenvalue weighted by Gasteiger charge is 2.34. The largest absolute Gasteiger partial charge is 0.382 e. The first-order chi connectivity index (χ1) is 7.50. The average molecular weight is 239 g/mol. The third-order valence-corrected chi connectivity index (χ3v) is 4.21. The van der Waals surface area contributed by atoms with Crippen LogP contribution in [0, 0.1) is 5.92 Å². The molecule has 0 bridgehead atoms. The molecule has 0 radical (unpaired) electrons. The van der Waals surface area contributed by atoms with Gasteiger partial charge in [-0.15, -0.1) is 0 Å². The van der Waals surface area contributed by atoms with Crippen molar-refractivity contribution < 1.29 is 8.42 Å². The van der Waals surface area contributed by atoms with Crippen LogP contribution in [0.5, 0.6) is 0 Å². The van der Waals surface area contributed by atoms with Gasteiger partial charge in [-0.05, 0) is 36.6 Å². The molecule has 0 aromatic heterocycles. The van der Waals surface area contributed by atoms with Crippen molar-refractivity contribution >= 4 is 15.5 Å². The molecule has 1 fully saturated rings. The Morgan fingerprint density at radius 1 is 1.31 bits per heavy atom. The lowest BCUT2D eigenvalue weighted by Gasteiger charge is -2.06. The fraction of sp³-hybridized carbons (Fsp3) is 0.500. The van der Waals surface area contributed by atoms with Gasteiger partial charge < -0.3 is 5.32 Å². The second-order valence-corrected chi connectivity index (χ2v) is 6.47. The molecule has 0 amide bonds. The minimum Gasteiger partial charge on any atom is -0.382 e. The standard InChI is InChI=1S/C12H17NO2S/c1-3-9-8-12(9)13-10-4-6-11(7-5-10)16(2,14)15/h4-7,9,12-13H,3,8H2,1-2H3. The molecule has 2 unspecified atom stereocenters. The summed E-state index contributed by atoms with van der Waals surface area (Å²) in [4.78, 5) is 0.376. The van der Waals surface area contributed by atoms with Crippen molar-refractivity contribution in [1.29, 1.82) is 0 Å². The number of hydrogen-bond acceptors (Lipinski definition) is 3. The maximum Gasteiger partial charge on any atom is 0.175 e. The van der Waals surface area contributed by atoms with Crippen LogP contribution >= 0.6 is 0 Å². The Morgan fingerprint density at radius 3 is 2.38 bits per heavy atom. The molecule has 0 heterocycles. The van der Waals surface area contributed by atoms with Crippen LogP contribution < -0.4 is 5.32 Å². The van der Waals surface area contributed by atoms with Gasteiger partial charge in [0.05, 0.1) is 4.90 Å². The maximum atomic E-state index is 11.3. The van der Waals surface area contributed by atoms with Gasteiger partial charge in [0.2, 0.25) is 0 Å². The SMILES string of the molecule is CCC1CC1Nc1ccc(S(C)(=O)=O)cc1. The second kappa shape index (κ2) is 4.09. The summed E-state index contributed by atoms with van der Waals surface area (Å²) in [5.41, 5.74) is 1.01. The summed E-state index contributed by atoms with van der Waals surface area (Å²) in [6.45, 7) is 2.19. The third-order valence-electron chi connectivity index (χ3n) is 3.08. The molecule has 4 heteroatoms. The number of rotatable bonds is 4. The van der Waals surface area contributed by atoms with Gasteiger partial charge in [0, 0.05) is 18.0 Å². The highest BCUT2D eigenvalue weighted by molar-refractivity contribution is 7.90. The average Bonchev–Trinajstić information content (AvgIpc) is 2.96. The van der Waals surface area contributed by atoms with E-state index in [2.05, 4.69) is 12.2 Å². The molecule has 2 rings (SSSR count). The zero-order valence-corrected chi connectivity index (χ0v) is 10.4. The first-order valence-electron chi connectivity index (χ1n) is 5.57. The molecule has 1 saturated carbocycles. The van der Waals surface area contributed by atoms with E-state index in [1.165, 1.54) is 19.1 Å². The van der Waals surface area contributed by atoms with E-state index >= 15 is 0 Å². The van der Waals surface area contributed by atoms with Crippen LogP contribution in [-0.2, 0) is 9.84 Å². The quantitative estimate of drug-likeness (QED) is 0.877. The van der Waals surface area contributed by atoms with Crippen LogP contribution in [0.25, 0.3) is 0 Å². The number of hydrogen-bond donors (Lipinski definition) is 1. The number of benzene rings is 1. The molecule has 1 aliphatic carbocycles. The van der Waals surface area contributed by atoms with Crippen LogP contribution in [0.3, 0.4) is 0 Å². The molecule has 2 atom stereocenters. The summed E-state index contributed by atoms with van der Waals surface area (Å²) in [6, 6.07) is 7.55. The molecule has 3 nitrogen and oxygen atoms in total. The Morgan fingerprint density at radius 2 is 1.94 bits per heavy atom. The number of nitrogens with one attached hydrogen (secondary N) is 1. The lowest BCUT2D eigenvalue weighted by Crippen LogP contribution is -2.04. The van der Waals surface area contributed by atoms with E-state index in [4.69, 9.17) is 0 Å². The molecule has 0 aliphatic heterocycles. The van der Waals surface area contributed by atoms with Crippen LogP contribution in [-0.4, -0.2) is 20.7 Å². The van der Waals surface area contributed by atoms with Gasteiger partial charge in [0.25, 0.3) is 0 Å². The van der Waals surface area contributed by atoms with Gasteiger partial charge >= 0.3 is 0 Å². The van der Waals surface area contributed by atoms with Gasteiger partial charge in [0.15, 0.2) is 9.84 Å². The summed E-state index contributed by atoms with van der Waals surface area (Å²) < 4.78 is 22.5. The smallest absolute Gasteiger partial charge is 0.175 e. The van der Waals surface area contributed by atoms with Crippen molar-refractivity contribution in [3.8, 4) is 0 Å². The molecule has 1 N–H and O–H groups in total. The molecule has 0 spiro atoms. The Balaban J connectivity index is 2.03. The van der Waals surface area contributed by atoms with Gasteiger partial charge in [-0.2, -0.15) is 0 Å². The van der Waals surface area contributed by atoms with E-state index in [0.29, 0.717) is 10.9 Å². The molecule has 1 aliphatic rings. The van der Waals surface area contributed by atoms with E-state index in [9.17, 15) is 8.42 Å². The molecule has 1 aromatic carbocycles. The molecule has 88 valence electrons. The Bertz CT molecular complexity index is 464. The van der Waals surface area contributed by atoms with Crippen LogP contribution in [0.4, 0.5) is 5.69 Å². The van der Waals surface area contributed by atoms with Crippen molar-refractivity contribution in [3.63, 3.8) is 0 Å². The van der Waals surface area contributed by atoms with Gasteiger partial charge in [-0.1, -0.05) is 13.3 Å². The predicted molar refractivity (Wildman–Crippen MR) is 65.4 cm³/mol. The zero-order valence-electron chi connectivity index (χ0n) is 9.60. The highest BCUT2D eigenvalue weighted by Crippen LogP contribution is 2.36. The Hall–Kier alpha value is -1.03. The first-order valence-corrected chi connectivity index (χ1v) is 7.46. The van der Waals surface area contributed by atoms with Crippen molar-refractivity contribution in [2.75, 3.05) is 11.6 Å². The molecule has 0 saturated heterocycles. The van der Waals surface area contributed by atoms with Gasteiger partial charge in [-0.3, -0.25) is 0 Å². The van der Waals surface area contributed by atoms with Crippen molar-refractivity contribution in [2.45, 2.75) is 30.7 Å². The molecule has 1 aromatic rings. The highest BCUT2D eigenvalue weighted by atomic mass is 32.2. The van der Waals surface area contributed by atoms with E-state index in [1.807, 2.05) is 12.1 Å². The van der Waals surface area contributed by atoms with Crippen LogP contribution in [0.15, 0.2) is 29.2 Å². The minimum absolute atomic E-state index is 0.376.